The summed E-state index contributed by atoms with van der Waals surface area (Å²) in [5.74, 6) is 1.61. The van der Waals surface area contributed by atoms with Crippen LogP contribution in [0.3, 0.4) is 0 Å². The highest BCUT2D eigenvalue weighted by Crippen LogP contribution is 2.34. The van der Waals surface area contributed by atoms with Gasteiger partial charge in [0.1, 0.15) is 0 Å². The minimum atomic E-state index is 0.162. The zero-order valence-corrected chi connectivity index (χ0v) is 27.2. The van der Waals surface area contributed by atoms with E-state index in [1.807, 2.05) is 24.3 Å². The number of ketones is 1. The molecular weight excluding hydrogens is 500 g/mol. The normalized spacial score (nSPS) is 15.5. The summed E-state index contributed by atoms with van der Waals surface area (Å²) in [5.41, 5.74) is 8.33. The molecular formula is C38H56N2O. The number of Topliss-reactive ketones (excluding diaryl/α,β-unsaturated/α-hetero) is 1. The number of allylic oxidation sites excluding steroid dienone is 2. The van der Waals surface area contributed by atoms with Crippen molar-refractivity contribution in [3.63, 3.8) is 0 Å². The van der Waals surface area contributed by atoms with Gasteiger partial charge in [0, 0.05) is 35.5 Å². The Bertz CT molecular complexity index is 1150. The Morgan fingerprint density at radius 3 is 1.80 bits per heavy atom. The maximum Gasteiger partial charge on any atom is 0.189 e. The molecule has 0 heterocycles. The van der Waals surface area contributed by atoms with Gasteiger partial charge in [0.25, 0.3) is 0 Å². The van der Waals surface area contributed by atoms with E-state index in [4.69, 9.17) is 4.99 Å². The number of hydrogen-bond donors (Lipinski definition) is 0. The van der Waals surface area contributed by atoms with Gasteiger partial charge < -0.3 is 4.90 Å². The number of unbranched alkanes of at least 4 members (excludes halogenated alkanes) is 3. The van der Waals surface area contributed by atoms with Gasteiger partial charge in [-0.15, -0.1) is 0 Å². The van der Waals surface area contributed by atoms with Gasteiger partial charge in [-0.3, -0.25) is 4.79 Å². The van der Waals surface area contributed by atoms with Crippen molar-refractivity contribution in [1.29, 1.82) is 0 Å². The number of hydrogen-bond acceptors (Lipinski definition) is 3. The van der Waals surface area contributed by atoms with Gasteiger partial charge in [0.15, 0.2) is 5.78 Å². The molecule has 1 aliphatic carbocycles. The first-order chi connectivity index (χ1) is 19.9. The molecule has 0 bridgehead atoms. The molecule has 0 N–H and O–H groups in total. The van der Waals surface area contributed by atoms with Gasteiger partial charge in [0.05, 0.1) is 11.4 Å². The average molecular weight is 557 g/mol. The van der Waals surface area contributed by atoms with Gasteiger partial charge >= 0.3 is 0 Å². The summed E-state index contributed by atoms with van der Waals surface area (Å²) in [4.78, 5) is 21.2. The first-order valence-corrected chi connectivity index (χ1v) is 16.7. The van der Waals surface area contributed by atoms with Gasteiger partial charge in [-0.05, 0) is 80.7 Å². The summed E-state index contributed by atoms with van der Waals surface area (Å²) in [6.07, 6.45) is 15.2. The van der Waals surface area contributed by atoms with Crippen LogP contribution in [0, 0.1) is 25.7 Å². The molecule has 3 rings (SSSR count). The number of aryl methyl sites for hydroxylation is 2. The van der Waals surface area contributed by atoms with E-state index in [1.54, 1.807) is 0 Å². The Morgan fingerprint density at radius 1 is 0.756 bits per heavy atom. The fourth-order valence-electron chi connectivity index (χ4n) is 6.19. The first-order valence-electron chi connectivity index (χ1n) is 16.7. The number of nitrogens with zero attached hydrogens (tertiary/aromatic N) is 2. The molecule has 2 aromatic carbocycles. The van der Waals surface area contributed by atoms with E-state index in [0.717, 1.165) is 72.3 Å². The molecule has 0 fully saturated rings. The maximum atomic E-state index is 13.2. The molecule has 0 saturated carbocycles. The van der Waals surface area contributed by atoms with Crippen molar-refractivity contribution in [3.8, 4) is 0 Å². The van der Waals surface area contributed by atoms with Crippen molar-refractivity contribution in [3.05, 3.63) is 70.3 Å². The monoisotopic (exact) mass is 556 g/mol. The zero-order chi connectivity index (χ0) is 29.8. The van der Waals surface area contributed by atoms with E-state index < -0.39 is 0 Å². The number of rotatable bonds is 17. The Morgan fingerprint density at radius 2 is 1.29 bits per heavy atom. The van der Waals surface area contributed by atoms with Gasteiger partial charge in [0.2, 0.25) is 0 Å². The standard InChI is InChI=1S/C38H56N2O/c1-8-13-18-30(11-4)26-40(27-31(12-5)19-14-9-2)33-23-28(6)37(29(7)24-33)39-36-25-32(20-15-10-3)38(41)35-22-17-16-21-34(35)36/h16-17,21-25,30-31H,8-15,18-20,26-27H2,1-7H3. The first kappa shape index (κ1) is 32.8. The predicted molar refractivity (Wildman–Crippen MR) is 179 cm³/mol. The highest BCUT2D eigenvalue weighted by atomic mass is 16.1. The second-order valence-corrected chi connectivity index (χ2v) is 12.3. The number of anilines is 1. The van der Waals surface area contributed by atoms with Gasteiger partial charge in [-0.2, -0.15) is 0 Å². The Hall–Kier alpha value is -2.68. The lowest BCUT2D eigenvalue weighted by atomic mass is 9.87. The van der Waals surface area contributed by atoms with Crippen LogP contribution in [-0.2, 0) is 0 Å². The molecule has 224 valence electrons. The molecule has 2 unspecified atom stereocenters. The lowest BCUT2D eigenvalue weighted by Crippen LogP contribution is -2.34. The Balaban J connectivity index is 2.01. The van der Waals surface area contributed by atoms with E-state index in [1.165, 1.54) is 68.2 Å². The van der Waals surface area contributed by atoms with Crippen LogP contribution >= 0.6 is 0 Å². The summed E-state index contributed by atoms with van der Waals surface area (Å²) in [7, 11) is 0. The largest absolute Gasteiger partial charge is 0.371 e. The molecule has 0 amide bonds. The number of aliphatic imine (C=N–C) groups is 1. The van der Waals surface area contributed by atoms with Crippen LogP contribution in [0.15, 0.2) is 53.0 Å². The molecule has 2 aromatic rings. The number of benzene rings is 2. The van der Waals surface area contributed by atoms with Crippen LogP contribution < -0.4 is 4.90 Å². The molecule has 2 atom stereocenters. The van der Waals surface area contributed by atoms with Crippen molar-refractivity contribution in [2.24, 2.45) is 16.8 Å². The fraction of sp³-hybridized carbons (Fsp3) is 0.579. The van der Waals surface area contributed by atoms with E-state index >= 15 is 0 Å². The van der Waals surface area contributed by atoms with Gasteiger partial charge in [-0.1, -0.05) is 104 Å². The van der Waals surface area contributed by atoms with Crippen LogP contribution in [0.4, 0.5) is 11.4 Å². The third kappa shape index (κ3) is 8.90. The molecule has 41 heavy (non-hydrogen) atoms. The second-order valence-electron chi connectivity index (χ2n) is 12.3. The van der Waals surface area contributed by atoms with Crippen molar-refractivity contribution < 1.29 is 4.79 Å². The van der Waals surface area contributed by atoms with Crippen molar-refractivity contribution in [2.45, 2.75) is 119 Å². The van der Waals surface area contributed by atoms with E-state index in [2.05, 4.69) is 71.6 Å². The third-order valence-electron chi connectivity index (χ3n) is 8.97. The SMILES string of the molecule is CCCCC1=CC(=Nc2c(C)cc(N(CC(CC)CCCC)CC(CC)CCCC)cc2C)c2ccccc2C1=O. The summed E-state index contributed by atoms with van der Waals surface area (Å²) < 4.78 is 0. The topological polar surface area (TPSA) is 32.7 Å². The van der Waals surface area contributed by atoms with Crippen molar-refractivity contribution in [2.75, 3.05) is 18.0 Å². The Kier molecular flexibility index (Phi) is 13.4. The van der Waals surface area contributed by atoms with Crippen LogP contribution in [0.2, 0.25) is 0 Å². The quantitative estimate of drug-likeness (QED) is 0.194. The van der Waals surface area contributed by atoms with Crippen LogP contribution in [0.25, 0.3) is 0 Å². The minimum Gasteiger partial charge on any atom is -0.371 e. The second kappa shape index (κ2) is 16.7. The van der Waals surface area contributed by atoms with Crippen LogP contribution in [-0.4, -0.2) is 24.6 Å². The van der Waals surface area contributed by atoms with E-state index in [0.29, 0.717) is 0 Å². The van der Waals surface area contributed by atoms with E-state index in [9.17, 15) is 4.79 Å². The molecule has 0 spiro atoms. The zero-order valence-electron chi connectivity index (χ0n) is 27.2. The molecule has 3 nitrogen and oxygen atoms in total. The maximum absolute atomic E-state index is 13.2. The summed E-state index contributed by atoms with van der Waals surface area (Å²) in [6.45, 7) is 18.2. The highest BCUT2D eigenvalue weighted by molar-refractivity contribution is 6.26. The van der Waals surface area contributed by atoms with Crippen LogP contribution in [0.5, 0.6) is 0 Å². The molecule has 1 aliphatic rings. The summed E-state index contributed by atoms with van der Waals surface area (Å²) >= 11 is 0. The molecule has 3 heteroatoms. The predicted octanol–water partition coefficient (Wildman–Crippen LogP) is 11.0. The summed E-state index contributed by atoms with van der Waals surface area (Å²) in [6, 6.07) is 12.7. The third-order valence-corrected chi connectivity index (χ3v) is 8.97. The average Bonchev–Trinajstić information content (AvgIpc) is 2.98. The van der Waals surface area contributed by atoms with Gasteiger partial charge in [-0.25, -0.2) is 4.99 Å². The number of fused-ring (bicyclic) bond motifs is 1. The molecule has 0 aromatic heterocycles. The lowest BCUT2D eigenvalue weighted by Gasteiger charge is -2.33. The fourth-order valence-corrected chi connectivity index (χ4v) is 6.19. The Labute approximate surface area is 251 Å². The van der Waals surface area contributed by atoms with Crippen LogP contribution in [0.1, 0.15) is 132 Å². The number of carbonyl (C=O) groups is 1. The number of carbonyl (C=O) groups excluding carboxylic acids is 1. The highest BCUT2D eigenvalue weighted by Gasteiger charge is 2.24. The molecule has 0 saturated heterocycles. The molecule has 0 radical (unpaired) electrons. The van der Waals surface area contributed by atoms with Crippen molar-refractivity contribution in [1.82, 2.24) is 0 Å². The lowest BCUT2D eigenvalue weighted by molar-refractivity contribution is 0.102. The minimum absolute atomic E-state index is 0.162. The smallest absolute Gasteiger partial charge is 0.189 e. The van der Waals surface area contributed by atoms with Crippen molar-refractivity contribution >= 4 is 22.9 Å². The van der Waals surface area contributed by atoms with E-state index in [-0.39, 0.29) is 5.78 Å². The summed E-state index contributed by atoms with van der Waals surface area (Å²) in [5, 5.41) is 0. The molecule has 0 aliphatic heterocycles.